The molecule has 0 heterocycles. The average molecular weight is 270 g/mol. The van der Waals surface area contributed by atoms with Crippen LogP contribution < -0.4 is 5.32 Å². The number of nitro benzene ring substituents is 1. The zero-order valence-corrected chi connectivity index (χ0v) is 11.0. The Hall–Kier alpha value is -2.69. The van der Waals surface area contributed by atoms with Crippen LogP contribution in [0, 0.1) is 10.1 Å². The lowest BCUT2D eigenvalue weighted by atomic mass is 10.0. The zero-order chi connectivity index (χ0) is 14.5. The van der Waals surface area contributed by atoms with Crippen molar-refractivity contribution in [1.29, 1.82) is 0 Å². The number of rotatable bonds is 4. The SMILES string of the molecule is CCNC(=O)c1cccc(-c2cccc([N+](=O)[O-])c2)c1. The molecule has 20 heavy (non-hydrogen) atoms. The second kappa shape index (κ2) is 5.97. The smallest absolute Gasteiger partial charge is 0.270 e. The van der Waals surface area contributed by atoms with Crippen molar-refractivity contribution in [3.8, 4) is 11.1 Å². The van der Waals surface area contributed by atoms with E-state index in [2.05, 4.69) is 5.32 Å². The van der Waals surface area contributed by atoms with Gasteiger partial charge in [0.2, 0.25) is 0 Å². The van der Waals surface area contributed by atoms with Crippen LogP contribution in [0.15, 0.2) is 48.5 Å². The second-order valence-corrected chi connectivity index (χ2v) is 4.25. The number of nitrogens with zero attached hydrogens (tertiary/aromatic N) is 1. The topological polar surface area (TPSA) is 72.2 Å². The molecule has 2 aromatic carbocycles. The second-order valence-electron chi connectivity index (χ2n) is 4.25. The summed E-state index contributed by atoms with van der Waals surface area (Å²) in [4.78, 5) is 22.1. The van der Waals surface area contributed by atoms with E-state index in [4.69, 9.17) is 0 Å². The molecular formula is C15H14N2O3. The van der Waals surface area contributed by atoms with E-state index in [1.807, 2.05) is 13.0 Å². The number of hydrogen-bond acceptors (Lipinski definition) is 3. The van der Waals surface area contributed by atoms with Crippen LogP contribution in [0.2, 0.25) is 0 Å². The minimum Gasteiger partial charge on any atom is -0.352 e. The Balaban J connectivity index is 2.38. The molecule has 0 aliphatic rings. The van der Waals surface area contributed by atoms with E-state index >= 15 is 0 Å². The Bertz CT molecular complexity index is 653. The summed E-state index contributed by atoms with van der Waals surface area (Å²) in [6.07, 6.45) is 0. The van der Waals surface area contributed by atoms with Crippen molar-refractivity contribution < 1.29 is 9.72 Å². The molecule has 0 bridgehead atoms. The summed E-state index contributed by atoms with van der Waals surface area (Å²) in [7, 11) is 0. The number of benzene rings is 2. The lowest BCUT2D eigenvalue weighted by Crippen LogP contribution is -2.22. The zero-order valence-electron chi connectivity index (χ0n) is 11.0. The fourth-order valence-electron chi connectivity index (χ4n) is 1.90. The highest BCUT2D eigenvalue weighted by atomic mass is 16.6. The molecule has 5 nitrogen and oxygen atoms in total. The average Bonchev–Trinajstić information content (AvgIpc) is 2.48. The summed E-state index contributed by atoms with van der Waals surface area (Å²) in [6.45, 7) is 2.40. The predicted molar refractivity (Wildman–Crippen MR) is 76.5 cm³/mol. The normalized spacial score (nSPS) is 10.1. The van der Waals surface area contributed by atoms with Crippen molar-refractivity contribution in [2.24, 2.45) is 0 Å². The number of carbonyl (C=O) groups is 1. The fourth-order valence-corrected chi connectivity index (χ4v) is 1.90. The largest absolute Gasteiger partial charge is 0.352 e. The van der Waals surface area contributed by atoms with E-state index in [0.717, 1.165) is 5.56 Å². The molecule has 0 radical (unpaired) electrons. The molecule has 5 heteroatoms. The summed E-state index contributed by atoms with van der Waals surface area (Å²) in [5.74, 6) is -0.153. The molecule has 0 aromatic heterocycles. The van der Waals surface area contributed by atoms with E-state index in [-0.39, 0.29) is 11.6 Å². The van der Waals surface area contributed by atoms with Gasteiger partial charge in [-0.1, -0.05) is 24.3 Å². The van der Waals surface area contributed by atoms with Crippen LogP contribution >= 0.6 is 0 Å². The maximum atomic E-state index is 11.8. The number of non-ortho nitro benzene ring substituents is 1. The predicted octanol–water partition coefficient (Wildman–Crippen LogP) is 3.01. The van der Waals surface area contributed by atoms with Crippen molar-refractivity contribution in [1.82, 2.24) is 5.32 Å². The van der Waals surface area contributed by atoms with Gasteiger partial charge in [0.1, 0.15) is 0 Å². The molecule has 0 spiro atoms. The highest BCUT2D eigenvalue weighted by Crippen LogP contribution is 2.24. The molecule has 1 N–H and O–H groups in total. The number of carbonyl (C=O) groups excluding carboxylic acids is 1. The van der Waals surface area contributed by atoms with Crippen molar-refractivity contribution in [2.45, 2.75) is 6.92 Å². The lowest BCUT2D eigenvalue weighted by molar-refractivity contribution is -0.384. The quantitative estimate of drug-likeness (QED) is 0.685. The van der Waals surface area contributed by atoms with Crippen molar-refractivity contribution in [2.75, 3.05) is 6.54 Å². The lowest BCUT2D eigenvalue weighted by Gasteiger charge is -2.05. The molecule has 2 aromatic rings. The van der Waals surface area contributed by atoms with E-state index in [1.165, 1.54) is 12.1 Å². The van der Waals surface area contributed by atoms with Gasteiger partial charge >= 0.3 is 0 Å². The van der Waals surface area contributed by atoms with E-state index in [1.54, 1.807) is 30.3 Å². The number of nitrogens with one attached hydrogen (secondary N) is 1. The van der Waals surface area contributed by atoms with Crippen LogP contribution in [0.4, 0.5) is 5.69 Å². The minimum absolute atomic E-state index is 0.0333. The molecule has 0 saturated carbocycles. The van der Waals surface area contributed by atoms with Crippen LogP contribution in [-0.4, -0.2) is 17.4 Å². The van der Waals surface area contributed by atoms with Crippen LogP contribution in [-0.2, 0) is 0 Å². The van der Waals surface area contributed by atoms with Gasteiger partial charge in [-0.05, 0) is 30.2 Å². The minimum atomic E-state index is -0.433. The Kier molecular flexibility index (Phi) is 4.10. The number of hydrogen-bond donors (Lipinski definition) is 1. The summed E-state index contributed by atoms with van der Waals surface area (Å²) >= 11 is 0. The Morgan fingerprint density at radius 2 is 1.80 bits per heavy atom. The van der Waals surface area contributed by atoms with Gasteiger partial charge in [-0.25, -0.2) is 0 Å². The van der Waals surface area contributed by atoms with Gasteiger partial charge in [0.05, 0.1) is 4.92 Å². The van der Waals surface area contributed by atoms with Gasteiger partial charge in [-0.15, -0.1) is 0 Å². The summed E-state index contributed by atoms with van der Waals surface area (Å²) in [5, 5.41) is 13.5. The van der Waals surface area contributed by atoms with Crippen molar-refractivity contribution in [3.05, 3.63) is 64.2 Å². The highest BCUT2D eigenvalue weighted by Gasteiger charge is 2.09. The van der Waals surface area contributed by atoms with Gasteiger partial charge in [-0.3, -0.25) is 14.9 Å². The summed E-state index contributed by atoms with van der Waals surface area (Å²) in [6, 6.07) is 13.4. The molecule has 0 fully saturated rings. The Morgan fingerprint density at radius 1 is 1.15 bits per heavy atom. The molecule has 102 valence electrons. The fraction of sp³-hybridized carbons (Fsp3) is 0.133. The molecule has 0 aliphatic heterocycles. The molecule has 0 saturated heterocycles. The van der Waals surface area contributed by atoms with Gasteiger partial charge < -0.3 is 5.32 Å². The van der Waals surface area contributed by atoms with Crippen molar-refractivity contribution in [3.63, 3.8) is 0 Å². The van der Waals surface area contributed by atoms with E-state index in [9.17, 15) is 14.9 Å². The van der Waals surface area contributed by atoms with Crippen molar-refractivity contribution >= 4 is 11.6 Å². The first-order valence-corrected chi connectivity index (χ1v) is 6.25. The monoisotopic (exact) mass is 270 g/mol. The number of nitro groups is 1. The third-order valence-corrected chi connectivity index (χ3v) is 2.85. The van der Waals surface area contributed by atoms with Gasteiger partial charge in [0, 0.05) is 24.2 Å². The molecular weight excluding hydrogens is 256 g/mol. The summed E-state index contributed by atoms with van der Waals surface area (Å²) < 4.78 is 0. The van der Waals surface area contributed by atoms with E-state index < -0.39 is 4.92 Å². The maximum Gasteiger partial charge on any atom is 0.270 e. The Morgan fingerprint density at radius 3 is 2.45 bits per heavy atom. The standard InChI is InChI=1S/C15H14N2O3/c1-2-16-15(18)13-7-3-5-11(9-13)12-6-4-8-14(10-12)17(19)20/h3-10H,2H2,1H3,(H,16,18). The molecule has 1 amide bonds. The Labute approximate surface area is 116 Å². The van der Waals surface area contributed by atoms with Crippen LogP contribution in [0.25, 0.3) is 11.1 Å². The number of amides is 1. The molecule has 2 rings (SSSR count). The first-order valence-electron chi connectivity index (χ1n) is 6.25. The van der Waals surface area contributed by atoms with Gasteiger partial charge in [0.25, 0.3) is 11.6 Å². The summed E-state index contributed by atoms with van der Waals surface area (Å²) in [5.41, 5.74) is 2.06. The van der Waals surface area contributed by atoms with Crippen LogP contribution in [0.5, 0.6) is 0 Å². The molecule has 0 unspecified atom stereocenters. The highest BCUT2D eigenvalue weighted by molar-refractivity contribution is 5.95. The van der Waals surface area contributed by atoms with Gasteiger partial charge in [-0.2, -0.15) is 0 Å². The van der Waals surface area contributed by atoms with E-state index in [0.29, 0.717) is 17.7 Å². The third-order valence-electron chi connectivity index (χ3n) is 2.85. The first-order chi connectivity index (χ1) is 9.61. The van der Waals surface area contributed by atoms with Crippen LogP contribution in [0.3, 0.4) is 0 Å². The van der Waals surface area contributed by atoms with Gasteiger partial charge in [0.15, 0.2) is 0 Å². The molecule has 0 atom stereocenters. The molecule has 0 aliphatic carbocycles. The maximum absolute atomic E-state index is 11.8. The van der Waals surface area contributed by atoms with Crippen LogP contribution in [0.1, 0.15) is 17.3 Å². The first kappa shape index (κ1) is 13.7. The third kappa shape index (κ3) is 3.00.